The molecule has 0 amide bonds. The highest BCUT2D eigenvalue weighted by Crippen LogP contribution is 2.52. The lowest BCUT2D eigenvalue weighted by Crippen LogP contribution is -2.35. The minimum atomic E-state index is 0.211. The fraction of sp³-hybridized carbons (Fsp3) is 0.688. The number of nitrogens with two attached hydrogens (primary N) is 1. The Kier molecular flexibility index (Phi) is 4.22. The van der Waals surface area contributed by atoms with Gasteiger partial charge < -0.3 is 4.74 Å². The first-order valence-electron chi connectivity index (χ1n) is 7.85. The summed E-state index contributed by atoms with van der Waals surface area (Å²) >= 11 is 0. The van der Waals surface area contributed by atoms with E-state index >= 15 is 0 Å². The largest absolute Gasteiger partial charge is 0.492 e. The van der Waals surface area contributed by atoms with Crippen molar-refractivity contribution >= 4 is 0 Å². The molecule has 3 N–H and O–H groups in total. The van der Waals surface area contributed by atoms with Crippen LogP contribution >= 0.6 is 0 Å². The van der Waals surface area contributed by atoms with Gasteiger partial charge in [0, 0.05) is 6.20 Å². The molecule has 4 nitrogen and oxygen atoms in total. The standard InChI is InChI=1S/C16H25N3O/c1-2-5-20-14-8-13(9-18-10-14)16(19-17)15-7-11-3-4-12(15)6-11/h8-12,15-16,19H,2-7,17H2,1H3. The van der Waals surface area contributed by atoms with Gasteiger partial charge in [0.15, 0.2) is 0 Å². The Morgan fingerprint density at radius 2 is 2.30 bits per heavy atom. The summed E-state index contributed by atoms with van der Waals surface area (Å²) in [6.45, 7) is 2.84. The van der Waals surface area contributed by atoms with E-state index < -0.39 is 0 Å². The Morgan fingerprint density at radius 1 is 1.40 bits per heavy atom. The molecular weight excluding hydrogens is 250 g/mol. The molecule has 20 heavy (non-hydrogen) atoms. The average Bonchev–Trinajstić information content (AvgIpc) is 3.09. The van der Waals surface area contributed by atoms with Crippen LogP contribution in [0, 0.1) is 17.8 Å². The molecule has 2 aliphatic rings. The van der Waals surface area contributed by atoms with Crippen molar-refractivity contribution in [3.63, 3.8) is 0 Å². The van der Waals surface area contributed by atoms with Crippen LogP contribution in [0.2, 0.25) is 0 Å². The van der Waals surface area contributed by atoms with Gasteiger partial charge in [-0.2, -0.15) is 0 Å². The number of nitrogens with one attached hydrogen (secondary N) is 1. The van der Waals surface area contributed by atoms with Gasteiger partial charge in [0.25, 0.3) is 0 Å². The zero-order valence-corrected chi connectivity index (χ0v) is 12.2. The summed E-state index contributed by atoms with van der Waals surface area (Å²) in [4.78, 5) is 4.32. The van der Waals surface area contributed by atoms with Crippen molar-refractivity contribution in [3.05, 3.63) is 24.0 Å². The molecular formula is C16H25N3O. The quantitative estimate of drug-likeness (QED) is 0.619. The lowest BCUT2D eigenvalue weighted by molar-refractivity contribution is 0.250. The third-order valence-corrected chi connectivity index (χ3v) is 4.97. The molecule has 1 heterocycles. The molecule has 110 valence electrons. The molecule has 4 unspecified atom stereocenters. The number of ether oxygens (including phenoxy) is 1. The second-order valence-electron chi connectivity index (χ2n) is 6.29. The maximum atomic E-state index is 5.85. The van der Waals surface area contributed by atoms with Gasteiger partial charge in [0.1, 0.15) is 5.75 Å². The van der Waals surface area contributed by atoms with Gasteiger partial charge in [-0.15, -0.1) is 0 Å². The summed E-state index contributed by atoms with van der Waals surface area (Å²) in [5.74, 6) is 9.12. The fourth-order valence-corrected chi connectivity index (χ4v) is 4.07. The number of nitrogens with zero attached hydrogens (tertiary/aromatic N) is 1. The Morgan fingerprint density at radius 3 is 2.95 bits per heavy atom. The molecule has 2 saturated carbocycles. The number of rotatable bonds is 6. The van der Waals surface area contributed by atoms with Crippen LogP contribution in [-0.4, -0.2) is 11.6 Å². The normalized spacial score (nSPS) is 29.6. The molecule has 0 spiro atoms. The number of hydrogen-bond acceptors (Lipinski definition) is 4. The molecule has 3 rings (SSSR count). The van der Waals surface area contributed by atoms with Crippen LogP contribution in [-0.2, 0) is 0 Å². The third kappa shape index (κ3) is 2.67. The van der Waals surface area contributed by atoms with Crippen LogP contribution in [0.4, 0.5) is 0 Å². The minimum Gasteiger partial charge on any atom is -0.492 e. The van der Waals surface area contributed by atoms with Gasteiger partial charge in [0.2, 0.25) is 0 Å². The second-order valence-corrected chi connectivity index (χ2v) is 6.29. The van der Waals surface area contributed by atoms with Crippen molar-refractivity contribution in [1.82, 2.24) is 10.4 Å². The number of pyridine rings is 1. The summed E-state index contributed by atoms with van der Waals surface area (Å²) in [6, 6.07) is 2.31. The molecule has 0 saturated heterocycles. The van der Waals surface area contributed by atoms with Crippen LogP contribution < -0.4 is 16.0 Å². The Labute approximate surface area is 121 Å². The van der Waals surface area contributed by atoms with Crippen molar-refractivity contribution < 1.29 is 4.74 Å². The van der Waals surface area contributed by atoms with Gasteiger partial charge >= 0.3 is 0 Å². The van der Waals surface area contributed by atoms with Gasteiger partial charge in [-0.05, 0) is 55.1 Å². The SMILES string of the molecule is CCCOc1cncc(C(NN)C2CC3CCC2C3)c1. The highest BCUT2D eigenvalue weighted by Gasteiger charge is 2.43. The summed E-state index contributed by atoms with van der Waals surface area (Å²) < 4.78 is 5.68. The first-order chi connectivity index (χ1) is 9.81. The van der Waals surface area contributed by atoms with E-state index in [9.17, 15) is 0 Å². The van der Waals surface area contributed by atoms with Crippen LogP contribution in [0.15, 0.2) is 18.5 Å². The minimum absolute atomic E-state index is 0.211. The molecule has 4 heteroatoms. The van der Waals surface area contributed by atoms with E-state index in [4.69, 9.17) is 10.6 Å². The van der Waals surface area contributed by atoms with Crippen LogP contribution in [0.3, 0.4) is 0 Å². The summed E-state index contributed by atoms with van der Waals surface area (Å²) in [7, 11) is 0. The zero-order chi connectivity index (χ0) is 13.9. The van der Waals surface area contributed by atoms with Gasteiger partial charge in [-0.25, -0.2) is 0 Å². The fourth-order valence-electron chi connectivity index (χ4n) is 4.07. The van der Waals surface area contributed by atoms with Crippen molar-refractivity contribution in [2.75, 3.05) is 6.61 Å². The van der Waals surface area contributed by atoms with Gasteiger partial charge in [-0.1, -0.05) is 13.3 Å². The van der Waals surface area contributed by atoms with Crippen LogP contribution in [0.1, 0.15) is 50.6 Å². The average molecular weight is 275 g/mol. The lowest BCUT2D eigenvalue weighted by Gasteiger charge is -2.30. The lowest BCUT2D eigenvalue weighted by atomic mass is 9.81. The number of hydrazine groups is 1. The van der Waals surface area contributed by atoms with Gasteiger partial charge in [-0.3, -0.25) is 16.3 Å². The number of aromatic nitrogens is 1. The van der Waals surface area contributed by atoms with Crippen molar-refractivity contribution in [1.29, 1.82) is 0 Å². The molecule has 1 aromatic rings. The molecule has 2 bridgehead atoms. The highest BCUT2D eigenvalue weighted by molar-refractivity contribution is 5.27. The first-order valence-corrected chi connectivity index (χ1v) is 7.85. The maximum Gasteiger partial charge on any atom is 0.137 e. The van der Waals surface area contributed by atoms with E-state index in [-0.39, 0.29) is 6.04 Å². The molecule has 2 aliphatic carbocycles. The van der Waals surface area contributed by atoms with E-state index in [0.717, 1.165) is 30.6 Å². The molecule has 0 aromatic carbocycles. The molecule has 4 atom stereocenters. The summed E-state index contributed by atoms with van der Waals surface area (Å²) in [5.41, 5.74) is 4.20. The molecule has 0 aliphatic heterocycles. The predicted octanol–water partition coefficient (Wildman–Crippen LogP) is 2.81. The Hall–Kier alpha value is -1.13. The smallest absolute Gasteiger partial charge is 0.137 e. The van der Waals surface area contributed by atoms with Crippen molar-refractivity contribution in [2.45, 2.75) is 45.1 Å². The van der Waals surface area contributed by atoms with E-state index in [0.29, 0.717) is 5.92 Å². The topological polar surface area (TPSA) is 60.2 Å². The Balaban J connectivity index is 1.75. The van der Waals surface area contributed by atoms with Crippen LogP contribution in [0.5, 0.6) is 5.75 Å². The monoisotopic (exact) mass is 275 g/mol. The highest BCUT2D eigenvalue weighted by atomic mass is 16.5. The third-order valence-electron chi connectivity index (χ3n) is 4.97. The predicted molar refractivity (Wildman–Crippen MR) is 79.0 cm³/mol. The van der Waals surface area contributed by atoms with E-state index in [1.54, 1.807) is 6.20 Å². The maximum absolute atomic E-state index is 5.85. The summed E-state index contributed by atoms with van der Waals surface area (Å²) in [5, 5.41) is 0. The van der Waals surface area contributed by atoms with Crippen molar-refractivity contribution in [3.8, 4) is 5.75 Å². The van der Waals surface area contributed by atoms with E-state index in [1.807, 2.05) is 6.20 Å². The molecule has 0 radical (unpaired) electrons. The first kappa shape index (κ1) is 13.8. The summed E-state index contributed by atoms with van der Waals surface area (Å²) in [6.07, 6.45) is 10.2. The molecule has 2 fully saturated rings. The number of fused-ring (bicyclic) bond motifs is 2. The molecule has 1 aromatic heterocycles. The zero-order valence-electron chi connectivity index (χ0n) is 12.2. The number of hydrogen-bond donors (Lipinski definition) is 2. The second kappa shape index (κ2) is 6.10. The Bertz CT molecular complexity index is 451. The van der Waals surface area contributed by atoms with Crippen molar-refractivity contribution in [2.24, 2.45) is 23.6 Å². The van der Waals surface area contributed by atoms with E-state index in [1.165, 1.54) is 31.2 Å². The van der Waals surface area contributed by atoms with Gasteiger partial charge in [0.05, 0.1) is 18.8 Å². The van der Waals surface area contributed by atoms with E-state index in [2.05, 4.69) is 23.4 Å². The van der Waals surface area contributed by atoms with Crippen LogP contribution in [0.25, 0.3) is 0 Å².